The van der Waals surface area contributed by atoms with Crippen LogP contribution in [0.1, 0.15) is 117 Å². The minimum absolute atomic E-state index is 0.195. The van der Waals surface area contributed by atoms with Crippen LogP contribution in [-0.2, 0) is 35.1 Å². The minimum atomic E-state index is -1.06. The van der Waals surface area contributed by atoms with Crippen LogP contribution in [0.5, 0.6) is 0 Å². The molecule has 1 aliphatic rings. The van der Waals surface area contributed by atoms with Crippen molar-refractivity contribution in [3.63, 3.8) is 0 Å². The highest BCUT2D eigenvalue weighted by molar-refractivity contribution is 6.20. The van der Waals surface area contributed by atoms with Crippen molar-refractivity contribution >= 4 is 25.6 Å². The van der Waals surface area contributed by atoms with Crippen molar-refractivity contribution in [2.75, 3.05) is 6.61 Å². The van der Waals surface area contributed by atoms with Crippen molar-refractivity contribution in [1.82, 2.24) is 0 Å². The Morgan fingerprint density at radius 3 is 1.96 bits per heavy atom. The van der Waals surface area contributed by atoms with Crippen LogP contribution in [0.2, 0.25) is 0 Å². The van der Waals surface area contributed by atoms with Gasteiger partial charge in [-0.1, -0.05) is 128 Å². The Morgan fingerprint density at radius 1 is 0.809 bits per heavy atom. The molecular weight excluding hydrogens is 591 g/mol. The first-order chi connectivity index (χ1) is 22.1. The Hall–Kier alpha value is -3.13. The second kappa shape index (κ2) is 16.3. The van der Waals surface area contributed by atoms with Gasteiger partial charge in [0.15, 0.2) is 0 Å². The van der Waals surface area contributed by atoms with Crippen LogP contribution < -0.4 is 0 Å². The molecule has 1 saturated carbocycles. The molecule has 1 N–H and O–H groups in total. The number of benzene rings is 2. The SMILES string of the molecule is CC(C(=O)OCc1ccccc1)C(C)(C)C(C)(C)CC(C)(C(=O)OCC1CCCCC1)C(C)(C)CC(C(=O)O[B]O)c1ccccc1. The van der Waals surface area contributed by atoms with E-state index in [9.17, 15) is 19.4 Å². The maximum Gasteiger partial charge on any atom is 0.571 e. The lowest BCUT2D eigenvalue weighted by atomic mass is 9.51. The molecule has 2 aromatic carbocycles. The summed E-state index contributed by atoms with van der Waals surface area (Å²) in [6.07, 6.45) is 6.27. The van der Waals surface area contributed by atoms with Crippen molar-refractivity contribution in [3.05, 3.63) is 71.8 Å². The molecule has 1 fully saturated rings. The van der Waals surface area contributed by atoms with E-state index in [0.29, 0.717) is 26.6 Å². The average molecular weight is 648 g/mol. The van der Waals surface area contributed by atoms with E-state index in [4.69, 9.17) is 14.1 Å². The van der Waals surface area contributed by atoms with Crippen LogP contribution in [0.4, 0.5) is 0 Å². The standard InChI is InChI=1S/C39H56BO7/c1-28(33(41)45-25-29-18-12-9-13-19-29)38(6,7)37(4,5)27-39(8,35(43)46-26-30-20-14-10-15-21-30)36(2,3)24-32(34(42)47-40-44)31-22-16-11-17-23-31/h9,11-13,16-19,22-23,28,30,32,44H,10,14-15,20-21,24-27H2,1-8H3. The van der Waals surface area contributed by atoms with Crippen molar-refractivity contribution in [2.24, 2.45) is 33.5 Å². The van der Waals surface area contributed by atoms with Gasteiger partial charge in [0, 0.05) is 0 Å². The Labute approximate surface area is 283 Å². The van der Waals surface area contributed by atoms with Crippen molar-refractivity contribution < 1.29 is 33.5 Å². The molecule has 7 nitrogen and oxygen atoms in total. The zero-order valence-corrected chi connectivity index (χ0v) is 29.8. The number of esters is 2. The molecule has 0 spiro atoms. The molecule has 2 aromatic rings. The Morgan fingerprint density at radius 2 is 1.38 bits per heavy atom. The van der Waals surface area contributed by atoms with E-state index in [1.807, 2.05) is 88.4 Å². The van der Waals surface area contributed by atoms with Crippen LogP contribution in [0.3, 0.4) is 0 Å². The van der Waals surface area contributed by atoms with E-state index >= 15 is 0 Å². The molecule has 0 bridgehead atoms. The van der Waals surface area contributed by atoms with Crippen LogP contribution in [-0.4, -0.2) is 37.2 Å². The highest BCUT2D eigenvalue weighted by atomic mass is 16.6. The maximum absolute atomic E-state index is 14.5. The molecule has 0 heterocycles. The Balaban J connectivity index is 1.94. The molecule has 8 heteroatoms. The number of rotatable bonds is 16. The van der Waals surface area contributed by atoms with Crippen LogP contribution in [0.15, 0.2) is 60.7 Å². The lowest BCUT2D eigenvalue weighted by Gasteiger charge is -2.52. The fraction of sp³-hybridized carbons (Fsp3) is 0.615. The summed E-state index contributed by atoms with van der Waals surface area (Å²) in [7, 11) is 0.410. The van der Waals surface area contributed by atoms with Gasteiger partial charge in [-0.25, -0.2) is 0 Å². The summed E-state index contributed by atoms with van der Waals surface area (Å²) in [5.74, 6) is -2.05. The van der Waals surface area contributed by atoms with Gasteiger partial charge in [-0.2, -0.15) is 0 Å². The third-order valence-electron chi connectivity index (χ3n) is 11.7. The van der Waals surface area contributed by atoms with Crippen molar-refractivity contribution in [2.45, 2.75) is 113 Å². The third kappa shape index (κ3) is 9.49. The molecule has 3 atom stereocenters. The molecule has 1 aliphatic carbocycles. The summed E-state index contributed by atoms with van der Waals surface area (Å²) in [4.78, 5) is 41.1. The van der Waals surface area contributed by atoms with Gasteiger partial charge in [-0.15, -0.1) is 0 Å². The second-order valence-corrected chi connectivity index (χ2v) is 15.6. The highest BCUT2D eigenvalue weighted by Gasteiger charge is 2.56. The fourth-order valence-corrected chi connectivity index (χ4v) is 7.03. The van der Waals surface area contributed by atoms with Gasteiger partial charge in [-0.3, -0.25) is 14.4 Å². The van der Waals surface area contributed by atoms with Crippen LogP contribution >= 0.6 is 0 Å². The quantitative estimate of drug-likeness (QED) is 0.145. The summed E-state index contributed by atoms with van der Waals surface area (Å²) in [5.41, 5.74) is -1.34. The van der Waals surface area contributed by atoms with Crippen molar-refractivity contribution in [1.29, 1.82) is 0 Å². The number of carbonyl (C=O) groups excluding carboxylic acids is 3. The maximum atomic E-state index is 14.5. The summed E-state index contributed by atoms with van der Waals surface area (Å²) in [6, 6.07) is 18.9. The first kappa shape index (κ1) is 38.3. The molecule has 0 amide bonds. The van der Waals surface area contributed by atoms with E-state index in [-0.39, 0.29) is 25.0 Å². The molecule has 47 heavy (non-hydrogen) atoms. The summed E-state index contributed by atoms with van der Waals surface area (Å²) >= 11 is 0. The Bertz CT molecular complexity index is 1300. The van der Waals surface area contributed by atoms with Gasteiger partial charge in [-0.05, 0) is 65.9 Å². The van der Waals surface area contributed by atoms with Crippen molar-refractivity contribution in [3.8, 4) is 0 Å². The molecule has 257 valence electrons. The van der Waals surface area contributed by atoms with Gasteiger partial charge in [0.25, 0.3) is 5.97 Å². The largest absolute Gasteiger partial charge is 0.571 e. The van der Waals surface area contributed by atoms with E-state index in [2.05, 4.69) is 27.7 Å². The highest BCUT2D eigenvalue weighted by Crippen LogP contribution is 2.57. The predicted molar refractivity (Wildman–Crippen MR) is 185 cm³/mol. The minimum Gasteiger partial charge on any atom is -0.510 e. The average Bonchev–Trinajstić information content (AvgIpc) is 3.05. The normalized spacial score (nSPS) is 17.1. The molecule has 0 aliphatic heterocycles. The van der Waals surface area contributed by atoms with Gasteiger partial charge in [0.05, 0.1) is 23.9 Å². The topological polar surface area (TPSA) is 99.1 Å². The molecule has 0 aromatic heterocycles. The summed E-state index contributed by atoms with van der Waals surface area (Å²) in [5, 5.41) is 9.33. The monoisotopic (exact) mass is 647 g/mol. The van der Waals surface area contributed by atoms with E-state index in [0.717, 1.165) is 36.8 Å². The van der Waals surface area contributed by atoms with E-state index in [1.165, 1.54) is 6.42 Å². The third-order valence-corrected chi connectivity index (χ3v) is 11.7. The molecule has 3 rings (SSSR count). The molecule has 3 unspecified atom stereocenters. The van der Waals surface area contributed by atoms with Gasteiger partial charge >= 0.3 is 19.6 Å². The zero-order valence-electron chi connectivity index (χ0n) is 29.8. The summed E-state index contributed by atoms with van der Waals surface area (Å²) < 4.78 is 17.0. The van der Waals surface area contributed by atoms with Crippen LogP contribution in [0.25, 0.3) is 0 Å². The smallest absolute Gasteiger partial charge is 0.510 e. The molecule has 0 saturated heterocycles. The van der Waals surface area contributed by atoms with Crippen LogP contribution in [0, 0.1) is 33.5 Å². The first-order valence-corrected chi connectivity index (χ1v) is 17.1. The first-order valence-electron chi connectivity index (χ1n) is 17.1. The second-order valence-electron chi connectivity index (χ2n) is 15.6. The molecular formula is C39H56BO7. The fourth-order valence-electron chi connectivity index (χ4n) is 7.03. The number of hydrogen-bond donors (Lipinski definition) is 1. The predicted octanol–water partition coefficient (Wildman–Crippen LogP) is 8.21. The van der Waals surface area contributed by atoms with Gasteiger partial charge in [0.1, 0.15) is 6.61 Å². The number of carbonyl (C=O) groups is 3. The Kier molecular flexibility index (Phi) is 13.3. The zero-order chi connectivity index (χ0) is 34.9. The van der Waals surface area contributed by atoms with Gasteiger partial charge in [0.2, 0.25) is 0 Å². The van der Waals surface area contributed by atoms with E-state index in [1.54, 1.807) is 0 Å². The lowest BCUT2D eigenvalue weighted by Crippen LogP contribution is -2.52. The number of ether oxygens (including phenoxy) is 2. The lowest BCUT2D eigenvalue weighted by molar-refractivity contribution is -0.173. The summed E-state index contributed by atoms with van der Waals surface area (Å²) in [6.45, 7) is 16.7. The van der Waals surface area contributed by atoms with E-state index < -0.39 is 39.5 Å². The van der Waals surface area contributed by atoms with Gasteiger partial charge < -0.3 is 19.2 Å². The molecule has 1 radical (unpaired) electrons. The number of hydrogen-bond acceptors (Lipinski definition) is 7.